The molecule has 1 saturated carbocycles. The van der Waals surface area contributed by atoms with Crippen molar-refractivity contribution in [2.75, 3.05) is 4.31 Å². The van der Waals surface area contributed by atoms with Gasteiger partial charge in [0.1, 0.15) is 15.6 Å². The number of ether oxygens (including phenoxy) is 1. The molecular formula is C25H24ClN2O6S2-. The van der Waals surface area contributed by atoms with Gasteiger partial charge in [0, 0.05) is 27.6 Å². The van der Waals surface area contributed by atoms with E-state index in [4.69, 9.17) is 16.3 Å². The van der Waals surface area contributed by atoms with E-state index >= 15 is 0 Å². The van der Waals surface area contributed by atoms with E-state index in [2.05, 4.69) is 0 Å². The highest BCUT2D eigenvalue weighted by atomic mass is 35.5. The van der Waals surface area contributed by atoms with Crippen molar-refractivity contribution in [3.63, 3.8) is 0 Å². The third kappa shape index (κ3) is 4.54. The van der Waals surface area contributed by atoms with Crippen LogP contribution in [0.3, 0.4) is 0 Å². The number of nitro groups is 1. The molecule has 36 heavy (non-hydrogen) atoms. The van der Waals surface area contributed by atoms with Crippen molar-refractivity contribution in [2.45, 2.75) is 50.7 Å². The molecule has 3 unspecified atom stereocenters. The molecule has 0 amide bonds. The Kier molecular flexibility index (Phi) is 6.76. The maximum Gasteiger partial charge on any atom is 0.334 e. The molecule has 190 valence electrons. The van der Waals surface area contributed by atoms with Crippen molar-refractivity contribution in [1.82, 2.24) is 0 Å². The van der Waals surface area contributed by atoms with E-state index in [1.165, 1.54) is 12.1 Å². The van der Waals surface area contributed by atoms with Gasteiger partial charge in [-0.25, -0.2) is 4.79 Å². The second-order valence-corrected chi connectivity index (χ2v) is 12.1. The molecule has 0 saturated heterocycles. The fourth-order valence-corrected chi connectivity index (χ4v) is 6.70. The van der Waals surface area contributed by atoms with E-state index in [-0.39, 0.29) is 17.1 Å². The smallest absolute Gasteiger partial charge is 0.334 e. The number of anilines is 1. The van der Waals surface area contributed by atoms with Crippen LogP contribution in [0.2, 0.25) is 5.02 Å². The Morgan fingerprint density at radius 1 is 1.17 bits per heavy atom. The molecule has 2 aromatic carbocycles. The van der Waals surface area contributed by atoms with Crippen molar-refractivity contribution in [3.05, 3.63) is 81.4 Å². The van der Waals surface area contributed by atoms with Crippen molar-refractivity contribution < 1.29 is 23.2 Å². The zero-order valence-corrected chi connectivity index (χ0v) is 22.4. The Bertz CT molecular complexity index is 1360. The van der Waals surface area contributed by atoms with Crippen LogP contribution in [0.5, 0.6) is 0 Å². The topological polar surface area (TPSA) is 113 Å². The fraction of sp³-hybridized carbons (Fsp3) is 0.320. The zero-order chi connectivity index (χ0) is 26.5. The van der Waals surface area contributed by atoms with Crippen LogP contribution in [0.25, 0.3) is 10.4 Å². The molecule has 1 heterocycles. The van der Waals surface area contributed by atoms with Crippen molar-refractivity contribution in [2.24, 2.45) is 0 Å². The second-order valence-electron chi connectivity index (χ2n) is 9.81. The van der Waals surface area contributed by atoms with Gasteiger partial charge in [0.15, 0.2) is 5.54 Å². The minimum Gasteiger partial charge on any atom is -0.755 e. The van der Waals surface area contributed by atoms with Crippen LogP contribution in [0.4, 0.5) is 10.7 Å². The Hall–Kier alpha value is -2.79. The lowest BCUT2D eigenvalue weighted by Crippen LogP contribution is -2.51. The molecule has 0 N–H and O–H groups in total. The molecule has 1 aromatic heterocycles. The predicted octanol–water partition coefficient (Wildman–Crippen LogP) is 6.02. The molecular weight excluding hydrogens is 524 g/mol. The standard InChI is InChI=1S/C25H25ClN2O6S2/c1-23(2,3)34-22(29)25(15-24(25,4)17-8-6-5-7-9-17)27(36(32)33)21-13-12-20(35-21)16-10-11-18(26)19(14-16)28(30)31/h5-14H,15H2,1-4H3,(H,32,33)/p-1. The molecule has 1 aliphatic carbocycles. The molecule has 4 rings (SSSR count). The van der Waals surface area contributed by atoms with E-state index in [1.807, 2.05) is 37.3 Å². The summed E-state index contributed by atoms with van der Waals surface area (Å²) in [6.45, 7) is 7.05. The third-order valence-electron chi connectivity index (χ3n) is 6.26. The molecule has 3 atom stereocenters. The van der Waals surface area contributed by atoms with Crippen molar-refractivity contribution in [1.29, 1.82) is 0 Å². The zero-order valence-electron chi connectivity index (χ0n) is 20.0. The minimum atomic E-state index is -2.83. The molecule has 0 spiro atoms. The second kappa shape index (κ2) is 9.26. The summed E-state index contributed by atoms with van der Waals surface area (Å²) in [7, 11) is 0. The Labute approximate surface area is 220 Å². The van der Waals surface area contributed by atoms with E-state index in [9.17, 15) is 23.7 Å². The summed E-state index contributed by atoms with van der Waals surface area (Å²) in [5.74, 6) is -0.636. The lowest BCUT2D eigenvalue weighted by atomic mass is 9.92. The molecule has 3 aromatic rings. The highest BCUT2D eigenvalue weighted by Crippen LogP contribution is 2.63. The van der Waals surface area contributed by atoms with E-state index in [0.29, 0.717) is 15.4 Å². The van der Waals surface area contributed by atoms with Gasteiger partial charge in [-0.2, -0.15) is 0 Å². The summed E-state index contributed by atoms with van der Waals surface area (Å²) in [6, 6.07) is 16.9. The van der Waals surface area contributed by atoms with Gasteiger partial charge in [0.2, 0.25) is 0 Å². The summed E-state index contributed by atoms with van der Waals surface area (Å²) < 4.78 is 32.3. The third-order valence-corrected chi connectivity index (χ3v) is 8.62. The van der Waals surface area contributed by atoms with Gasteiger partial charge < -0.3 is 9.29 Å². The first-order valence-electron chi connectivity index (χ1n) is 11.0. The molecule has 8 nitrogen and oxygen atoms in total. The lowest BCUT2D eigenvalue weighted by molar-refractivity contribution is -0.384. The number of carbonyl (C=O) groups is 1. The number of halogens is 1. The number of carbonyl (C=O) groups excluding carboxylic acids is 1. The number of hydrogen-bond acceptors (Lipinski definition) is 7. The van der Waals surface area contributed by atoms with Gasteiger partial charge >= 0.3 is 5.97 Å². The predicted molar refractivity (Wildman–Crippen MR) is 140 cm³/mol. The first kappa shape index (κ1) is 26.3. The summed E-state index contributed by atoms with van der Waals surface area (Å²) in [5, 5.41) is 11.6. The average molecular weight is 548 g/mol. The van der Waals surface area contributed by atoms with Crippen LogP contribution in [-0.4, -0.2) is 30.8 Å². The number of rotatable bonds is 7. The summed E-state index contributed by atoms with van der Waals surface area (Å²) in [4.78, 5) is 25.0. The van der Waals surface area contributed by atoms with Gasteiger partial charge in [-0.3, -0.25) is 18.6 Å². The number of benzene rings is 2. The number of thiophene rings is 1. The number of nitrogens with zero attached hydrogens (tertiary/aromatic N) is 2. The average Bonchev–Trinajstić information content (AvgIpc) is 3.17. The van der Waals surface area contributed by atoms with Crippen molar-refractivity contribution in [3.8, 4) is 10.4 Å². The number of esters is 1. The molecule has 0 bridgehead atoms. The fourth-order valence-electron chi connectivity index (χ4n) is 4.44. The van der Waals surface area contributed by atoms with E-state index < -0.39 is 38.7 Å². The van der Waals surface area contributed by atoms with Gasteiger partial charge in [-0.05, 0) is 56.5 Å². The normalized spacial score (nSPS) is 22.1. The molecule has 11 heteroatoms. The van der Waals surface area contributed by atoms with Crippen LogP contribution < -0.4 is 4.31 Å². The molecule has 1 aliphatic rings. The van der Waals surface area contributed by atoms with Crippen LogP contribution in [0, 0.1) is 10.1 Å². The highest BCUT2D eigenvalue weighted by Gasteiger charge is 2.75. The van der Waals surface area contributed by atoms with Crippen LogP contribution >= 0.6 is 22.9 Å². The van der Waals surface area contributed by atoms with Crippen LogP contribution in [0.15, 0.2) is 60.7 Å². The number of hydrogen-bond donors (Lipinski definition) is 0. The Balaban J connectivity index is 1.82. The monoisotopic (exact) mass is 547 g/mol. The quantitative estimate of drug-likeness (QED) is 0.155. The minimum absolute atomic E-state index is 0.00306. The number of nitro benzene ring substituents is 1. The largest absolute Gasteiger partial charge is 0.755 e. The van der Waals surface area contributed by atoms with Crippen LogP contribution in [-0.2, 0) is 26.2 Å². The first-order valence-corrected chi connectivity index (χ1v) is 13.3. The van der Waals surface area contributed by atoms with Gasteiger partial charge in [-0.15, -0.1) is 11.3 Å². The van der Waals surface area contributed by atoms with Crippen molar-refractivity contribution >= 4 is 50.9 Å². The molecule has 0 aliphatic heterocycles. The van der Waals surface area contributed by atoms with Crippen LogP contribution in [0.1, 0.15) is 39.7 Å². The Morgan fingerprint density at radius 3 is 2.42 bits per heavy atom. The van der Waals surface area contributed by atoms with E-state index in [1.54, 1.807) is 39.0 Å². The maximum absolute atomic E-state index is 13.7. The summed E-state index contributed by atoms with van der Waals surface area (Å²) >= 11 is 4.22. The van der Waals surface area contributed by atoms with E-state index in [0.717, 1.165) is 21.2 Å². The van der Waals surface area contributed by atoms with Gasteiger partial charge in [0.05, 0.1) is 4.92 Å². The summed E-state index contributed by atoms with van der Waals surface area (Å²) in [5.41, 5.74) is -2.09. The Morgan fingerprint density at radius 2 is 1.83 bits per heavy atom. The summed E-state index contributed by atoms with van der Waals surface area (Å²) in [6.07, 6.45) is 0.229. The SMILES string of the molecule is CC(C)(C)OC(=O)C1(N(c2ccc(-c3ccc(Cl)c([N+](=O)[O-])c3)s2)S(=O)[O-])CC1(C)c1ccccc1. The first-order chi connectivity index (χ1) is 16.8. The maximum atomic E-state index is 13.7. The van der Waals surface area contributed by atoms with Gasteiger partial charge in [-0.1, -0.05) is 54.9 Å². The molecule has 1 fully saturated rings. The highest BCUT2D eigenvalue weighted by molar-refractivity contribution is 7.81. The van der Waals surface area contributed by atoms with Gasteiger partial charge in [0.25, 0.3) is 5.69 Å². The lowest BCUT2D eigenvalue weighted by Gasteiger charge is -2.37. The molecule has 0 radical (unpaired) electrons.